The van der Waals surface area contributed by atoms with E-state index in [0.717, 1.165) is 30.5 Å². The monoisotopic (exact) mass is 284 g/mol. The van der Waals surface area contributed by atoms with E-state index in [0.29, 0.717) is 6.04 Å². The molecule has 0 bridgehead atoms. The average molecular weight is 284 g/mol. The molecule has 1 aromatic rings. The summed E-state index contributed by atoms with van der Waals surface area (Å²) in [5, 5.41) is 21.4. The van der Waals surface area contributed by atoms with Crippen molar-refractivity contribution in [3.8, 4) is 0 Å². The third kappa shape index (κ3) is 4.78. The molecule has 0 spiro atoms. The van der Waals surface area contributed by atoms with Crippen LogP contribution in [0.4, 0.5) is 0 Å². The molecule has 0 aliphatic heterocycles. The van der Waals surface area contributed by atoms with Gasteiger partial charge < -0.3 is 10.4 Å². The minimum absolute atomic E-state index is 0.200. The second kappa shape index (κ2) is 7.87. The van der Waals surface area contributed by atoms with Crippen LogP contribution in [0.15, 0.2) is 6.20 Å². The summed E-state index contributed by atoms with van der Waals surface area (Å²) in [5.74, 6) is 0. The highest BCUT2D eigenvalue weighted by molar-refractivity contribution is 7.99. The van der Waals surface area contributed by atoms with Crippen LogP contribution in [-0.4, -0.2) is 44.3 Å². The molecule has 1 aromatic heterocycles. The third-order valence-electron chi connectivity index (χ3n) is 3.66. The molecule has 1 aliphatic rings. The second-order valence-corrected chi connectivity index (χ2v) is 6.29. The first-order chi connectivity index (χ1) is 9.31. The Kier molecular flexibility index (Phi) is 6.13. The molecule has 2 unspecified atom stereocenters. The molecule has 2 N–H and O–H groups in total. The highest BCUT2D eigenvalue weighted by Gasteiger charge is 2.20. The topological polar surface area (TPSA) is 63.0 Å². The number of nitrogens with zero attached hydrogens (tertiary/aromatic N) is 3. The quantitative estimate of drug-likeness (QED) is 0.793. The number of aliphatic hydroxyl groups excluding tert-OH is 1. The summed E-state index contributed by atoms with van der Waals surface area (Å²) in [6.07, 6.45) is 10.1. The molecule has 108 valence electrons. The van der Waals surface area contributed by atoms with Gasteiger partial charge in [0, 0.05) is 37.2 Å². The van der Waals surface area contributed by atoms with E-state index in [9.17, 15) is 0 Å². The lowest BCUT2D eigenvalue weighted by atomic mass is 9.95. The normalized spacial score (nSPS) is 23.7. The lowest BCUT2D eigenvalue weighted by Crippen LogP contribution is -2.34. The van der Waals surface area contributed by atoms with Gasteiger partial charge in [-0.1, -0.05) is 11.6 Å². The predicted octanol–water partition coefficient (Wildman–Crippen LogP) is 1.42. The molecule has 0 aromatic carbocycles. The van der Waals surface area contributed by atoms with Crippen LogP contribution in [0.3, 0.4) is 0 Å². The Hall–Kier alpha value is -0.590. The Labute approximate surface area is 119 Å². The van der Waals surface area contributed by atoms with Gasteiger partial charge in [-0.15, -0.1) is 5.10 Å². The van der Waals surface area contributed by atoms with Crippen LogP contribution in [0.5, 0.6) is 0 Å². The summed E-state index contributed by atoms with van der Waals surface area (Å²) in [7, 11) is 0. The van der Waals surface area contributed by atoms with Crippen LogP contribution in [0.25, 0.3) is 0 Å². The fraction of sp³-hybridized carbons (Fsp3) is 0.846. The summed E-state index contributed by atoms with van der Waals surface area (Å²) >= 11 is 1.99. The summed E-state index contributed by atoms with van der Waals surface area (Å²) in [6, 6.07) is 0.619. The summed E-state index contributed by atoms with van der Waals surface area (Å²) in [6.45, 7) is 1.73. The number of aryl methyl sites for hydroxylation is 1. The zero-order chi connectivity index (χ0) is 13.5. The maximum atomic E-state index is 8.78. The lowest BCUT2D eigenvalue weighted by molar-refractivity contribution is 0.276. The Morgan fingerprint density at radius 3 is 3.21 bits per heavy atom. The molecular formula is C13H24N4OS. The van der Waals surface area contributed by atoms with Crippen LogP contribution in [0.2, 0.25) is 0 Å². The molecule has 1 saturated carbocycles. The van der Waals surface area contributed by atoms with Crippen molar-refractivity contribution in [2.75, 3.05) is 12.9 Å². The van der Waals surface area contributed by atoms with Crippen molar-refractivity contribution >= 4 is 11.8 Å². The summed E-state index contributed by atoms with van der Waals surface area (Å²) < 4.78 is 1.80. The van der Waals surface area contributed by atoms with Gasteiger partial charge in [-0.3, -0.25) is 4.68 Å². The largest absolute Gasteiger partial charge is 0.396 e. The summed E-state index contributed by atoms with van der Waals surface area (Å²) in [5.41, 5.74) is 0.990. The molecule has 1 fully saturated rings. The van der Waals surface area contributed by atoms with Crippen molar-refractivity contribution in [2.45, 2.75) is 56.5 Å². The highest BCUT2D eigenvalue weighted by Crippen LogP contribution is 2.26. The fourth-order valence-corrected chi connectivity index (χ4v) is 3.38. The van der Waals surface area contributed by atoms with Crippen LogP contribution < -0.4 is 5.32 Å². The lowest BCUT2D eigenvalue weighted by Gasteiger charge is -2.28. The highest BCUT2D eigenvalue weighted by atomic mass is 32.2. The van der Waals surface area contributed by atoms with E-state index in [-0.39, 0.29) is 6.61 Å². The second-order valence-electron chi connectivity index (χ2n) is 5.15. The smallest absolute Gasteiger partial charge is 0.0964 e. The number of hydrogen-bond acceptors (Lipinski definition) is 5. The van der Waals surface area contributed by atoms with E-state index in [1.54, 1.807) is 4.68 Å². The predicted molar refractivity (Wildman–Crippen MR) is 78.1 cm³/mol. The first-order valence-corrected chi connectivity index (χ1v) is 8.36. The van der Waals surface area contributed by atoms with Gasteiger partial charge in [0.2, 0.25) is 0 Å². The number of nitrogens with one attached hydrogen (secondary N) is 1. The standard InChI is InChI=1S/C13H24N4OS/c1-19-13-5-2-4-11(8-13)14-9-12-10-17(16-15-12)6-3-7-18/h10-11,13-14,18H,2-9H2,1H3. The van der Waals surface area contributed by atoms with E-state index in [2.05, 4.69) is 21.9 Å². The van der Waals surface area contributed by atoms with Gasteiger partial charge >= 0.3 is 0 Å². The van der Waals surface area contributed by atoms with Gasteiger partial charge in [0.1, 0.15) is 0 Å². The molecular weight excluding hydrogens is 260 g/mol. The molecule has 0 saturated heterocycles. The van der Waals surface area contributed by atoms with E-state index < -0.39 is 0 Å². The van der Waals surface area contributed by atoms with Crippen molar-refractivity contribution in [1.82, 2.24) is 20.3 Å². The van der Waals surface area contributed by atoms with Crippen molar-refractivity contribution in [1.29, 1.82) is 0 Å². The van der Waals surface area contributed by atoms with Gasteiger partial charge in [-0.25, -0.2) is 0 Å². The van der Waals surface area contributed by atoms with Crippen molar-refractivity contribution in [3.63, 3.8) is 0 Å². The first-order valence-electron chi connectivity index (χ1n) is 7.08. The molecule has 2 atom stereocenters. The molecule has 5 nitrogen and oxygen atoms in total. The van der Waals surface area contributed by atoms with E-state index in [1.807, 2.05) is 18.0 Å². The average Bonchev–Trinajstić information content (AvgIpc) is 2.91. The van der Waals surface area contributed by atoms with Crippen molar-refractivity contribution in [3.05, 3.63) is 11.9 Å². The van der Waals surface area contributed by atoms with Gasteiger partial charge in [-0.2, -0.15) is 11.8 Å². The molecule has 19 heavy (non-hydrogen) atoms. The van der Waals surface area contributed by atoms with E-state index in [4.69, 9.17) is 5.11 Å². The van der Waals surface area contributed by atoms with Crippen molar-refractivity contribution in [2.24, 2.45) is 0 Å². The SMILES string of the molecule is CSC1CCCC(NCc2cn(CCCO)nn2)C1. The molecule has 6 heteroatoms. The van der Waals surface area contributed by atoms with Gasteiger partial charge in [0.05, 0.1) is 5.69 Å². The number of rotatable bonds is 7. The Balaban J connectivity index is 1.73. The molecule has 1 aliphatic carbocycles. The Bertz CT molecular complexity index is 371. The summed E-state index contributed by atoms with van der Waals surface area (Å²) in [4.78, 5) is 0. The first kappa shape index (κ1) is 14.8. The maximum absolute atomic E-state index is 8.78. The zero-order valence-electron chi connectivity index (χ0n) is 11.6. The Morgan fingerprint density at radius 2 is 2.42 bits per heavy atom. The molecule has 1 heterocycles. The van der Waals surface area contributed by atoms with E-state index in [1.165, 1.54) is 25.7 Å². The van der Waals surface area contributed by atoms with Crippen LogP contribution in [0.1, 0.15) is 37.8 Å². The van der Waals surface area contributed by atoms with Gasteiger partial charge in [-0.05, 0) is 31.9 Å². The maximum Gasteiger partial charge on any atom is 0.0964 e. The number of aromatic nitrogens is 3. The van der Waals surface area contributed by atoms with Gasteiger partial charge in [0.15, 0.2) is 0 Å². The number of thioether (sulfide) groups is 1. The minimum Gasteiger partial charge on any atom is -0.396 e. The Morgan fingerprint density at radius 1 is 1.53 bits per heavy atom. The van der Waals surface area contributed by atoms with Crippen LogP contribution >= 0.6 is 11.8 Å². The minimum atomic E-state index is 0.200. The van der Waals surface area contributed by atoms with E-state index >= 15 is 0 Å². The number of hydrogen-bond donors (Lipinski definition) is 2. The number of aliphatic hydroxyl groups is 1. The fourth-order valence-electron chi connectivity index (χ4n) is 2.55. The third-order valence-corrected chi connectivity index (χ3v) is 4.76. The van der Waals surface area contributed by atoms with Crippen LogP contribution in [-0.2, 0) is 13.1 Å². The van der Waals surface area contributed by atoms with Gasteiger partial charge in [0.25, 0.3) is 0 Å². The molecule has 2 rings (SSSR count). The van der Waals surface area contributed by atoms with Crippen LogP contribution in [0, 0.1) is 0 Å². The zero-order valence-corrected chi connectivity index (χ0v) is 12.4. The van der Waals surface area contributed by atoms with Crippen molar-refractivity contribution < 1.29 is 5.11 Å². The molecule has 0 amide bonds. The molecule has 0 radical (unpaired) electrons.